The summed E-state index contributed by atoms with van der Waals surface area (Å²) < 4.78 is 21.4. The largest absolute Gasteiger partial charge is 0.524 e. The number of benzene rings is 1. The van der Waals surface area contributed by atoms with E-state index < -0.39 is 60.3 Å². The molecule has 214 valence electrons. The van der Waals surface area contributed by atoms with Crippen molar-refractivity contribution in [2.75, 3.05) is 0 Å². The Bertz CT molecular complexity index is 1210. The van der Waals surface area contributed by atoms with Crippen LogP contribution in [0, 0.1) is 28.1 Å². The number of carbonyl (C=O) groups excluding carboxylic acids is 3. The van der Waals surface area contributed by atoms with Gasteiger partial charge >= 0.3 is 13.9 Å². The van der Waals surface area contributed by atoms with Gasteiger partial charge in [0.05, 0.1) is 6.10 Å². The lowest BCUT2D eigenvalue weighted by Gasteiger charge is -2.59. The van der Waals surface area contributed by atoms with E-state index in [2.05, 4.69) is 16.4 Å². The third-order valence-electron chi connectivity index (χ3n) is 9.54. The van der Waals surface area contributed by atoms with Crippen molar-refractivity contribution in [3.8, 4) is 5.75 Å². The van der Waals surface area contributed by atoms with Crippen LogP contribution in [0.2, 0.25) is 0 Å². The molecule has 3 saturated carbocycles. The van der Waals surface area contributed by atoms with E-state index in [1.54, 1.807) is 6.08 Å². The first-order valence-electron chi connectivity index (χ1n) is 13.0. The molecule has 3 aliphatic carbocycles. The van der Waals surface area contributed by atoms with Gasteiger partial charge in [0.25, 0.3) is 5.91 Å². The number of alkyl carbamates (subject to hydrolysis) is 1. The normalized spacial score (nSPS) is 38.1. The fourth-order valence-corrected chi connectivity index (χ4v) is 7.50. The molecule has 2 bridgehead atoms. The second-order valence-corrected chi connectivity index (χ2v) is 13.0. The van der Waals surface area contributed by atoms with Crippen LogP contribution in [-0.2, 0) is 14.1 Å². The fourth-order valence-electron chi connectivity index (χ4n) is 7.11. The van der Waals surface area contributed by atoms with Gasteiger partial charge in [0.1, 0.15) is 18.0 Å². The quantitative estimate of drug-likeness (QED) is 0.263. The highest BCUT2D eigenvalue weighted by molar-refractivity contribution is 7.46. The number of imide groups is 1. The number of aliphatic hydroxyl groups excluding tert-OH is 2. The van der Waals surface area contributed by atoms with Crippen molar-refractivity contribution in [1.29, 1.82) is 0 Å². The zero-order valence-electron chi connectivity index (χ0n) is 22.2. The average molecular weight is 566 g/mol. The molecule has 3 aliphatic rings. The first kappa shape index (κ1) is 29.4. The number of hydrogen-bond acceptors (Lipinski definition) is 8. The summed E-state index contributed by atoms with van der Waals surface area (Å²) in [7, 11) is -4.77. The van der Waals surface area contributed by atoms with Crippen LogP contribution in [-0.4, -0.2) is 56.1 Å². The molecule has 2 amide bonds. The maximum atomic E-state index is 13.4. The van der Waals surface area contributed by atoms with Gasteiger partial charge < -0.3 is 19.5 Å². The Morgan fingerprint density at radius 2 is 1.77 bits per heavy atom. The van der Waals surface area contributed by atoms with Gasteiger partial charge in [-0.3, -0.25) is 24.7 Å². The molecular formula is C27H36NO10P. The molecular weight excluding hydrogens is 529 g/mol. The molecule has 1 aromatic carbocycles. The van der Waals surface area contributed by atoms with Gasteiger partial charge in [-0.05, 0) is 67.7 Å². The van der Waals surface area contributed by atoms with Crippen LogP contribution in [0.1, 0.15) is 63.2 Å². The lowest BCUT2D eigenvalue weighted by atomic mass is 9.46. The smallest absolute Gasteiger partial charge is 0.445 e. The van der Waals surface area contributed by atoms with Crippen LogP contribution in [0.15, 0.2) is 36.9 Å². The molecule has 8 atom stereocenters. The molecule has 0 radical (unpaired) electrons. The molecule has 1 aromatic rings. The molecule has 0 saturated heterocycles. The maximum absolute atomic E-state index is 13.4. The lowest BCUT2D eigenvalue weighted by Crippen LogP contribution is -2.60. The number of aliphatic hydroxyl groups is 2. The van der Waals surface area contributed by atoms with Crippen LogP contribution in [0.5, 0.6) is 5.75 Å². The summed E-state index contributed by atoms with van der Waals surface area (Å²) in [6.45, 7) is 9.62. The minimum atomic E-state index is -4.77. The van der Waals surface area contributed by atoms with Gasteiger partial charge in [-0.25, -0.2) is 9.36 Å². The number of carbonyl (C=O) groups is 3. The van der Waals surface area contributed by atoms with E-state index in [1.165, 1.54) is 24.3 Å². The number of phosphoric acid groups is 1. The molecule has 1 unspecified atom stereocenters. The van der Waals surface area contributed by atoms with E-state index in [9.17, 15) is 29.2 Å². The average Bonchev–Trinajstić information content (AvgIpc) is 3.09. The zero-order chi connectivity index (χ0) is 29.0. The number of ether oxygens (including phenoxy) is 1. The van der Waals surface area contributed by atoms with Crippen LogP contribution in [0.3, 0.4) is 0 Å². The van der Waals surface area contributed by atoms with E-state index in [0.29, 0.717) is 19.3 Å². The predicted octanol–water partition coefficient (Wildman–Crippen LogP) is 3.11. The van der Waals surface area contributed by atoms with Crippen LogP contribution >= 0.6 is 7.82 Å². The Morgan fingerprint density at radius 3 is 2.36 bits per heavy atom. The molecule has 12 heteroatoms. The van der Waals surface area contributed by atoms with E-state index in [1.807, 2.05) is 20.8 Å². The number of ketones is 1. The highest BCUT2D eigenvalue weighted by Gasteiger charge is 2.68. The van der Waals surface area contributed by atoms with Gasteiger partial charge in [-0.1, -0.05) is 26.8 Å². The Labute approximate surface area is 226 Å². The first-order valence-corrected chi connectivity index (χ1v) is 14.5. The monoisotopic (exact) mass is 565 g/mol. The Kier molecular flexibility index (Phi) is 7.64. The molecule has 5 N–H and O–H groups in total. The molecule has 0 spiro atoms. The number of nitrogens with one attached hydrogen (secondary N) is 1. The summed E-state index contributed by atoms with van der Waals surface area (Å²) in [5.74, 6) is -1.98. The highest BCUT2D eigenvalue weighted by atomic mass is 31.2. The van der Waals surface area contributed by atoms with Gasteiger partial charge in [-0.2, -0.15) is 0 Å². The summed E-state index contributed by atoms with van der Waals surface area (Å²) in [6.07, 6.45) is -0.265. The summed E-state index contributed by atoms with van der Waals surface area (Å²) in [5.41, 5.74) is -2.37. The molecule has 3 fully saturated rings. The molecule has 11 nitrogen and oxygen atoms in total. The van der Waals surface area contributed by atoms with E-state index in [4.69, 9.17) is 14.5 Å². The predicted molar refractivity (Wildman–Crippen MR) is 138 cm³/mol. The van der Waals surface area contributed by atoms with Crippen LogP contribution < -0.4 is 9.84 Å². The second kappa shape index (κ2) is 10.1. The number of phosphoric ester groups is 1. The maximum Gasteiger partial charge on any atom is 0.524 e. The molecule has 0 aliphatic heterocycles. The van der Waals surface area contributed by atoms with Crippen molar-refractivity contribution in [2.45, 2.75) is 71.2 Å². The van der Waals surface area contributed by atoms with Crippen LogP contribution in [0.4, 0.5) is 4.79 Å². The van der Waals surface area contributed by atoms with Crippen molar-refractivity contribution >= 4 is 25.6 Å². The summed E-state index contributed by atoms with van der Waals surface area (Å²) in [5, 5.41) is 24.1. The summed E-state index contributed by atoms with van der Waals surface area (Å²) >= 11 is 0. The van der Waals surface area contributed by atoms with Crippen molar-refractivity contribution < 1.29 is 48.2 Å². The zero-order valence-corrected chi connectivity index (χ0v) is 23.1. The van der Waals surface area contributed by atoms with Crippen molar-refractivity contribution in [3.05, 3.63) is 42.5 Å². The van der Waals surface area contributed by atoms with Crippen LogP contribution in [0.25, 0.3) is 0 Å². The standard InChI is InChI=1S/C27H36NO10P/c1-5-25(3)14-20(37-24(33)28-23(32)16-6-8-17(9-7-16)38-39(34,35)36)26(4)15(2)10-11-27(13-19(25)30)12-18(29)21(31)22(26)27/h5-9,15,18-20,22,29-30H,1,10-14H2,2-4H3,(H,28,32,33)(H2,34,35,36)/t15-,18+,19+,20-,22+,25-,26+,27?/m1/s1. The molecule has 39 heavy (non-hydrogen) atoms. The number of amides is 2. The van der Waals surface area contributed by atoms with Crippen molar-refractivity contribution in [1.82, 2.24) is 5.32 Å². The highest BCUT2D eigenvalue weighted by Crippen LogP contribution is 2.66. The third kappa shape index (κ3) is 5.30. The molecule has 4 rings (SSSR count). The fraction of sp³-hybridized carbons (Fsp3) is 0.593. The first-order chi connectivity index (χ1) is 18.0. The topological polar surface area (TPSA) is 180 Å². The van der Waals surface area contributed by atoms with E-state index >= 15 is 0 Å². The lowest BCUT2D eigenvalue weighted by molar-refractivity contribution is -0.173. The second-order valence-electron chi connectivity index (χ2n) is 11.8. The summed E-state index contributed by atoms with van der Waals surface area (Å²) in [4.78, 5) is 57.0. The Balaban J connectivity index is 1.61. The van der Waals surface area contributed by atoms with Gasteiger partial charge in [0.15, 0.2) is 5.78 Å². The van der Waals surface area contributed by atoms with E-state index in [-0.39, 0.29) is 35.9 Å². The van der Waals surface area contributed by atoms with Gasteiger partial charge in [0, 0.05) is 22.3 Å². The number of rotatable bonds is 5. The van der Waals surface area contributed by atoms with E-state index in [0.717, 1.165) is 0 Å². The number of Topliss-reactive ketones (excluding diaryl/α,β-unsaturated/α-hetero) is 1. The SMILES string of the molecule is C=C[C@]1(C)C[C@@H](OC(=O)NC(=O)c2ccc(OP(=O)(O)O)cc2)[C@]2(C)[C@H](C)CCC3(C[C@H](O)C(=O)[C@H]32)C[C@@H]1O. The Morgan fingerprint density at radius 1 is 1.13 bits per heavy atom. The van der Waals surface area contributed by atoms with Crippen molar-refractivity contribution in [2.24, 2.45) is 28.1 Å². The number of hydrogen-bond donors (Lipinski definition) is 5. The minimum absolute atomic E-state index is 0.0133. The molecule has 0 aromatic heterocycles. The Hall–Kier alpha value is -2.56. The summed E-state index contributed by atoms with van der Waals surface area (Å²) in [6, 6.07) is 4.80. The molecule has 0 heterocycles. The van der Waals surface area contributed by atoms with Crippen molar-refractivity contribution in [3.63, 3.8) is 0 Å². The minimum Gasteiger partial charge on any atom is -0.445 e. The van der Waals surface area contributed by atoms with Gasteiger partial charge in [-0.15, -0.1) is 6.58 Å². The third-order valence-corrected chi connectivity index (χ3v) is 9.99. The van der Waals surface area contributed by atoms with Gasteiger partial charge in [0.2, 0.25) is 0 Å².